The quantitative estimate of drug-likeness (QED) is 0.0902. The Bertz CT molecular complexity index is 1530. The molecule has 3 aromatic rings. The highest BCUT2D eigenvalue weighted by molar-refractivity contribution is 7.80. The maximum absolute atomic E-state index is 13.1. The van der Waals surface area contributed by atoms with Crippen molar-refractivity contribution < 1.29 is 41.2 Å². The fourth-order valence-electron chi connectivity index (χ4n) is 3.92. The number of benzene rings is 2. The number of β-lactam (4-membered cyclic amide) rings is 1. The number of hydroxylamine groups is 2. The van der Waals surface area contributed by atoms with Gasteiger partial charge in [-0.2, -0.15) is 27.0 Å². The Hall–Kier alpha value is -4.03. The van der Waals surface area contributed by atoms with Gasteiger partial charge in [0.05, 0.1) is 5.54 Å². The number of aromatic nitrogens is 1. The van der Waals surface area contributed by atoms with Crippen LogP contribution in [0.5, 0.6) is 0 Å². The lowest BCUT2D eigenvalue weighted by atomic mass is 9.84. The third-order valence-electron chi connectivity index (χ3n) is 5.89. The average molecular weight is 654 g/mol. The zero-order chi connectivity index (χ0) is 29.8. The van der Waals surface area contributed by atoms with E-state index in [1.165, 1.54) is 19.2 Å². The first-order valence-corrected chi connectivity index (χ1v) is 14.1. The largest absolute Gasteiger partial charge is 0.450 e. The van der Waals surface area contributed by atoms with Gasteiger partial charge in [-0.25, -0.2) is 9.78 Å². The maximum Gasteiger partial charge on any atom is 0.418 e. The summed E-state index contributed by atoms with van der Waals surface area (Å²) in [7, 11) is -4.98. The Labute approximate surface area is 259 Å². The van der Waals surface area contributed by atoms with E-state index in [4.69, 9.17) is 19.9 Å². The number of carbonyl (C=O) groups excluding carboxylic acids is 3. The van der Waals surface area contributed by atoms with Gasteiger partial charge in [-0.05, 0) is 25.0 Å². The molecule has 1 aromatic heterocycles. The Morgan fingerprint density at radius 2 is 1.70 bits per heavy atom. The number of nitrogen functional groups attached to an aromatic ring is 1. The molecule has 17 heteroatoms. The smallest absolute Gasteiger partial charge is 0.418 e. The molecule has 2 aromatic carbocycles. The van der Waals surface area contributed by atoms with E-state index < -0.39 is 58.2 Å². The van der Waals surface area contributed by atoms with Crippen molar-refractivity contribution in [1.29, 1.82) is 0 Å². The molecule has 1 aliphatic heterocycles. The number of nitrogens with zero attached hydrogens (tertiary/aromatic N) is 3. The minimum atomic E-state index is -4.98. The first-order chi connectivity index (χ1) is 19.4. The molecule has 43 heavy (non-hydrogen) atoms. The van der Waals surface area contributed by atoms with Crippen LogP contribution in [-0.4, -0.2) is 64.7 Å². The van der Waals surface area contributed by atoms with Crippen molar-refractivity contribution in [3.8, 4) is 0 Å². The van der Waals surface area contributed by atoms with Gasteiger partial charge >= 0.3 is 16.4 Å². The van der Waals surface area contributed by atoms with Gasteiger partial charge in [0.15, 0.2) is 16.9 Å². The Balaban J connectivity index is 0.00000323. The average Bonchev–Trinajstić information content (AvgIpc) is 3.37. The third kappa shape index (κ3) is 8.51. The first-order valence-electron chi connectivity index (χ1n) is 11.9. The van der Waals surface area contributed by atoms with Crippen LogP contribution in [-0.2, 0) is 38.6 Å². The summed E-state index contributed by atoms with van der Waals surface area (Å²) < 4.78 is 41.0. The number of anilines is 1. The van der Waals surface area contributed by atoms with E-state index in [2.05, 4.69) is 19.7 Å². The predicted molar refractivity (Wildman–Crippen MR) is 162 cm³/mol. The van der Waals surface area contributed by atoms with Gasteiger partial charge in [0.2, 0.25) is 6.61 Å². The molecule has 1 atom stereocenters. The van der Waals surface area contributed by atoms with Gasteiger partial charge in [0, 0.05) is 5.38 Å². The molecule has 2 heterocycles. The summed E-state index contributed by atoms with van der Waals surface area (Å²) >= 11 is 1.01. The van der Waals surface area contributed by atoms with Crippen molar-refractivity contribution in [3.05, 3.63) is 82.9 Å². The monoisotopic (exact) mass is 653 g/mol. The van der Waals surface area contributed by atoms with Gasteiger partial charge in [0.25, 0.3) is 11.8 Å². The number of ether oxygens (including phenoxy) is 1. The van der Waals surface area contributed by atoms with Crippen molar-refractivity contribution >= 4 is 63.9 Å². The fraction of sp³-hybridized carbons (Fsp3) is 0.269. The van der Waals surface area contributed by atoms with E-state index in [9.17, 15) is 22.8 Å². The van der Waals surface area contributed by atoms with Crippen molar-refractivity contribution in [2.24, 2.45) is 5.16 Å². The Morgan fingerprint density at radius 3 is 2.16 bits per heavy atom. The number of rotatable bonds is 11. The van der Waals surface area contributed by atoms with Crippen LogP contribution in [0.2, 0.25) is 0 Å². The topological polar surface area (TPSA) is 200 Å². The number of esters is 1. The van der Waals surface area contributed by atoms with Crippen LogP contribution < -0.4 is 11.1 Å². The van der Waals surface area contributed by atoms with E-state index in [0.717, 1.165) is 22.5 Å². The second-order valence-corrected chi connectivity index (χ2v) is 11.1. The standard InChI is InChI=1S/C25H25N5O9S2.CH4.H2S/c1-25(2)21(23(33)30(25)39-41(34,35)36)28-22(32)19(17-14-40-24(26)27-17)29-37-13-18(31)38-20(15-9-5-3-6-10-15)16-11-7-4-8-12-16;;/h3-12,14,20-21H,13H2,1-2H3,(H2,26,27)(H,28,32)(H,34,35,36);1H4;1H2/b29-19-;;. The van der Waals surface area contributed by atoms with Gasteiger partial charge in [-0.1, -0.05) is 73.2 Å². The number of carbonyl (C=O) groups is 3. The van der Waals surface area contributed by atoms with E-state index in [-0.39, 0.29) is 31.7 Å². The van der Waals surface area contributed by atoms with Crippen LogP contribution >= 0.6 is 24.8 Å². The number of hydrogen-bond acceptors (Lipinski definition) is 12. The van der Waals surface area contributed by atoms with E-state index >= 15 is 0 Å². The SMILES string of the molecule is C.CC1(C)C(NC(=O)/C(=N\OCC(=O)OC(c2ccccc2)c2ccccc2)c2csc(N)n2)C(=O)N1OS(=O)(=O)O.S. The van der Waals surface area contributed by atoms with Gasteiger partial charge in [-0.3, -0.25) is 14.1 Å². The molecule has 1 fully saturated rings. The molecule has 4 N–H and O–H groups in total. The summed E-state index contributed by atoms with van der Waals surface area (Å²) in [6.45, 7) is 2.12. The van der Waals surface area contributed by atoms with E-state index in [1.54, 1.807) is 0 Å². The lowest BCUT2D eigenvalue weighted by Crippen LogP contribution is -2.76. The van der Waals surface area contributed by atoms with E-state index in [1.807, 2.05) is 60.7 Å². The summed E-state index contributed by atoms with van der Waals surface area (Å²) in [5.41, 5.74) is 5.37. The van der Waals surface area contributed by atoms with E-state index in [0.29, 0.717) is 5.06 Å². The maximum atomic E-state index is 13.1. The molecule has 14 nitrogen and oxygen atoms in total. The number of amides is 2. The molecule has 2 amide bonds. The highest BCUT2D eigenvalue weighted by Gasteiger charge is 2.58. The number of nitrogens with one attached hydrogen (secondary N) is 1. The normalized spacial score (nSPS) is 15.9. The lowest BCUT2D eigenvalue weighted by molar-refractivity contribution is -0.218. The number of hydrogen-bond donors (Lipinski definition) is 3. The summed E-state index contributed by atoms with van der Waals surface area (Å²) in [5, 5.41) is 8.10. The molecule has 232 valence electrons. The van der Waals surface area contributed by atoms with Crippen LogP contribution in [0.1, 0.15) is 44.2 Å². The fourth-order valence-corrected chi connectivity index (χ4v) is 4.92. The molecule has 0 radical (unpaired) electrons. The van der Waals surface area contributed by atoms with Crippen molar-refractivity contribution in [2.75, 3.05) is 12.3 Å². The molecule has 0 aliphatic carbocycles. The molecule has 4 rings (SSSR count). The summed E-state index contributed by atoms with van der Waals surface area (Å²) in [5.74, 6) is -2.67. The molecule has 1 saturated heterocycles. The Kier molecular flexibility index (Phi) is 11.8. The predicted octanol–water partition coefficient (Wildman–Crippen LogP) is 2.37. The van der Waals surface area contributed by atoms with Crippen molar-refractivity contribution in [1.82, 2.24) is 15.4 Å². The molecular formula is C26H31N5O9S3. The van der Waals surface area contributed by atoms with Crippen LogP contribution in [0, 0.1) is 0 Å². The first kappa shape index (κ1) is 35.2. The second kappa shape index (κ2) is 14.4. The van der Waals surface area contributed by atoms with Gasteiger partial charge < -0.3 is 20.6 Å². The molecule has 0 saturated carbocycles. The molecular weight excluding hydrogens is 623 g/mol. The minimum absolute atomic E-state index is 0. The lowest BCUT2D eigenvalue weighted by Gasteiger charge is -2.50. The molecule has 1 aliphatic rings. The number of nitrogens with two attached hydrogens (primary N) is 1. The van der Waals surface area contributed by atoms with Gasteiger partial charge in [0.1, 0.15) is 11.7 Å². The minimum Gasteiger partial charge on any atom is -0.450 e. The van der Waals surface area contributed by atoms with Crippen molar-refractivity contribution in [2.45, 2.75) is 39.0 Å². The molecule has 0 bridgehead atoms. The van der Waals surface area contributed by atoms with Crippen molar-refractivity contribution in [3.63, 3.8) is 0 Å². The molecule has 0 spiro atoms. The van der Waals surface area contributed by atoms with Crippen LogP contribution in [0.25, 0.3) is 0 Å². The summed E-state index contributed by atoms with van der Waals surface area (Å²) in [6.07, 6.45) is -0.724. The zero-order valence-corrected chi connectivity index (χ0v) is 24.8. The highest BCUT2D eigenvalue weighted by atomic mass is 32.3. The summed E-state index contributed by atoms with van der Waals surface area (Å²) in [6, 6.07) is 16.9. The number of thiazole rings is 1. The summed E-state index contributed by atoms with van der Waals surface area (Å²) in [4.78, 5) is 47.4. The van der Waals surface area contributed by atoms with Crippen LogP contribution in [0.3, 0.4) is 0 Å². The van der Waals surface area contributed by atoms with Crippen LogP contribution in [0.15, 0.2) is 71.2 Å². The second-order valence-electron chi connectivity index (χ2n) is 9.17. The van der Waals surface area contributed by atoms with Crippen LogP contribution in [0.4, 0.5) is 5.13 Å². The Morgan fingerprint density at radius 1 is 1.14 bits per heavy atom. The zero-order valence-electron chi connectivity index (χ0n) is 22.2. The highest BCUT2D eigenvalue weighted by Crippen LogP contribution is 2.33. The number of oxime groups is 1. The third-order valence-corrected chi connectivity index (χ3v) is 6.90. The van der Waals surface area contributed by atoms with Gasteiger partial charge in [-0.15, -0.1) is 15.6 Å². The molecule has 1 unspecified atom stereocenters.